The van der Waals surface area contributed by atoms with Gasteiger partial charge in [0.2, 0.25) is 5.91 Å². The monoisotopic (exact) mass is 255 g/mol. The van der Waals surface area contributed by atoms with Gasteiger partial charge in [0.15, 0.2) is 0 Å². The van der Waals surface area contributed by atoms with Crippen LogP contribution < -0.4 is 10.6 Å². The second-order valence-electron chi connectivity index (χ2n) is 5.40. The number of morpholine rings is 1. The van der Waals surface area contributed by atoms with E-state index in [0.717, 1.165) is 25.6 Å². The predicted molar refractivity (Wildman–Crippen MR) is 70.5 cm³/mol. The first-order valence-corrected chi connectivity index (χ1v) is 7.07. The number of carbonyl (C=O) groups excluding carboxylic acids is 1. The molecule has 0 aromatic carbocycles. The summed E-state index contributed by atoms with van der Waals surface area (Å²) in [5.41, 5.74) is 0. The average Bonchev–Trinajstić information content (AvgIpc) is 2.42. The van der Waals surface area contributed by atoms with Gasteiger partial charge in [-0.25, -0.2) is 0 Å². The van der Waals surface area contributed by atoms with Crippen molar-refractivity contribution < 1.29 is 9.53 Å². The van der Waals surface area contributed by atoms with Crippen molar-refractivity contribution in [3.8, 4) is 0 Å². The summed E-state index contributed by atoms with van der Waals surface area (Å²) < 4.78 is 5.28. The Labute approximate surface area is 109 Å². The molecule has 0 spiro atoms. The zero-order valence-corrected chi connectivity index (χ0v) is 11.3. The highest BCUT2D eigenvalue weighted by atomic mass is 16.5. The molecule has 2 N–H and O–H groups in total. The van der Waals surface area contributed by atoms with E-state index in [2.05, 4.69) is 22.5 Å². The van der Waals surface area contributed by atoms with E-state index in [1.807, 2.05) is 0 Å². The van der Waals surface area contributed by atoms with Crippen molar-refractivity contribution in [2.75, 3.05) is 45.9 Å². The fourth-order valence-corrected chi connectivity index (χ4v) is 2.48. The Morgan fingerprint density at radius 3 is 2.89 bits per heavy atom. The molecule has 5 heteroatoms. The number of rotatable bonds is 4. The minimum absolute atomic E-state index is 0.0695. The summed E-state index contributed by atoms with van der Waals surface area (Å²) in [7, 11) is 0. The molecule has 2 aliphatic heterocycles. The van der Waals surface area contributed by atoms with E-state index in [0.29, 0.717) is 13.2 Å². The molecular weight excluding hydrogens is 230 g/mol. The molecule has 2 rings (SSSR count). The minimum atomic E-state index is -0.167. The third-order valence-electron chi connectivity index (χ3n) is 3.84. The zero-order valence-electron chi connectivity index (χ0n) is 11.3. The molecule has 2 aliphatic rings. The largest absolute Gasteiger partial charge is 0.378 e. The van der Waals surface area contributed by atoms with Gasteiger partial charge < -0.3 is 20.3 Å². The van der Waals surface area contributed by atoms with Crippen molar-refractivity contribution in [3.05, 3.63) is 0 Å². The highest BCUT2D eigenvalue weighted by Gasteiger charge is 2.21. The number of hydrogen-bond donors (Lipinski definition) is 2. The zero-order chi connectivity index (χ0) is 12.8. The van der Waals surface area contributed by atoms with Crippen LogP contribution in [0.4, 0.5) is 0 Å². The van der Waals surface area contributed by atoms with Crippen LogP contribution in [0.25, 0.3) is 0 Å². The molecule has 0 radical (unpaired) electrons. The topological polar surface area (TPSA) is 53.6 Å². The van der Waals surface area contributed by atoms with Crippen LogP contribution in [0.15, 0.2) is 0 Å². The van der Waals surface area contributed by atoms with E-state index >= 15 is 0 Å². The SMILES string of the molecule is CC1CCN(CCNC(=O)C2COCCN2)CC1. The molecule has 2 heterocycles. The summed E-state index contributed by atoms with van der Waals surface area (Å²) in [5, 5.41) is 6.15. The summed E-state index contributed by atoms with van der Waals surface area (Å²) in [5.74, 6) is 0.930. The molecule has 1 amide bonds. The molecule has 2 saturated heterocycles. The van der Waals surface area contributed by atoms with Crippen molar-refractivity contribution in [1.29, 1.82) is 0 Å². The summed E-state index contributed by atoms with van der Waals surface area (Å²) in [6, 6.07) is -0.167. The van der Waals surface area contributed by atoms with Gasteiger partial charge in [0.1, 0.15) is 6.04 Å². The second-order valence-corrected chi connectivity index (χ2v) is 5.40. The molecule has 18 heavy (non-hydrogen) atoms. The normalized spacial score (nSPS) is 27.1. The standard InChI is InChI=1S/C13H25N3O2/c1-11-2-6-16(7-3-11)8-4-15-13(17)12-10-18-9-5-14-12/h11-12,14H,2-10H2,1H3,(H,15,17). The first-order valence-electron chi connectivity index (χ1n) is 7.07. The third kappa shape index (κ3) is 4.23. The lowest BCUT2D eigenvalue weighted by Crippen LogP contribution is -2.52. The van der Waals surface area contributed by atoms with Gasteiger partial charge in [0.25, 0.3) is 0 Å². The quantitative estimate of drug-likeness (QED) is 0.732. The molecular formula is C13H25N3O2. The van der Waals surface area contributed by atoms with E-state index < -0.39 is 0 Å². The molecule has 5 nitrogen and oxygen atoms in total. The van der Waals surface area contributed by atoms with Crippen molar-refractivity contribution >= 4 is 5.91 Å². The Hall–Kier alpha value is -0.650. The summed E-state index contributed by atoms with van der Waals surface area (Å²) >= 11 is 0. The number of nitrogens with zero attached hydrogens (tertiary/aromatic N) is 1. The summed E-state index contributed by atoms with van der Waals surface area (Å²) in [6.45, 7) is 8.32. The van der Waals surface area contributed by atoms with Crippen LogP contribution in [-0.4, -0.2) is 62.8 Å². The maximum absolute atomic E-state index is 11.8. The smallest absolute Gasteiger partial charge is 0.239 e. The van der Waals surface area contributed by atoms with Crippen molar-refractivity contribution in [1.82, 2.24) is 15.5 Å². The lowest BCUT2D eigenvalue weighted by molar-refractivity contribution is -0.125. The Bertz CT molecular complexity index is 259. The maximum Gasteiger partial charge on any atom is 0.239 e. The van der Waals surface area contributed by atoms with Crippen molar-refractivity contribution in [2.24, 2.45) is 5.92 Å². The molecule has 104 valence electrons. The van der Waals surface area contributed by atoms with Crippen molar-refractivity contribution in [2.45, 2.75) is 25.8 Å². The van der Waals surface area contributed by atoms with E-state index in [-0.39, 0.29) is 11.9 Å². The van der Waals surface area contributed by atoms with Gasteiger partial charge >= 0.3 is 0 Å². The molecule has 1 atom stereocenters. The van der Waals surface area contributed by atoms with Gasteiger partial charge in [-0.15, -0.1) is 0 Å². The molecule has 0 saturated carbocycles. The number of amides is 1. The van der Waals surface area contributed by atoms with Crippen LogP contribution in [0.5, 0.6) is 0 Å². The number of likely N-dealkylation sites (tertiary alicyclic amines) is 1. The molecule has 2 fully saturated rings. The molecule has 0 aromatic rings. The minimum Gasteiger partial charge on any atom is -0.378 e. The van der Waals surface area contributed by atoms with Gasteiger partial charge in [0.05, 0.1) is 13.2 Å². The first kappa shape index (κ1) is 13.8. The van der Waals surface area contributed by atoms with E-state index in [9.17, 15) is 4.79 Å². The Balaban J connectivity index is 1.58. The van der Waals surface area contributed by atoms with Gasteiger partial charge in [-0.2, -0.15) is 0 Å². The Morgan fingerprint density at radius 1 is 1.44 bits per heavy atom. The van der Waals surface area contributed by atoms with Crippen molar-refractivity contribution in [3.63, 3.8) is 0 Å². The van der Waals surface area contributed by atoms with E-state index in [1.54, 1.807) is 0 Å². The lowest BCUT2D eigenvalue weighted by Gasteiger charge is -2.30. The third-order valence-corrected chi connectivity index (χ3v) is 3.84. The van der Waals surface area contributed by atoms with Crippen LogP contribution in [0.1, 0.15) is 19.8 Å². The maximum atomic E-state index is 11.8. The number of carbonyl (C=O) groups is 1. The highest BCUT2D eigenvalue weighted by Crippen LogP contribution is 2.14. The van der Waals surface area contributed by atoms with Crippen LogP contribution >= 0.6 is 0 Å². The fraction of sp³-hybridized carbons (Fsp3) is 0.923. The number of hydrogen-bond acceptors (Lipinski definition) is 4. The molecule has 0 bridgehead atoms. The lowest BCUT2D eigenvalue weighted by atomic mass is 9.99. The van der Waals surface area contributed by atoms with Crippen LogP contribution in [0.3, 0.4) is 0 Å². The van der Waals surface area contributed by atoms with Crippen LogP contribution in [-0.2, 0) is 9.53 Å². The summed E-state index contributed by atoms with van der Waals surface area (Å²) in [6.07, 6.45) is 2.57. The van der Waals surface area contributed by atoms with E-state index in [1.165, 1.54) is 25.9 Å². The Morgan fingerprint density at radius 2 is 2.22 bits per heavy atom. The molecule has 1 unspecified atom stereocenters. The number of nitrogens with one attached hydrogen (secondary N) is 2. The van der Waals surface area contributed by atoms with Crippen LogP contribution in [0, 0.1) is 5.92 Å². The van der Waals surface area contributed by atoms with Gasteiger partial charge in [0, 0.05) is 19.6 Å². The molecule has 0 aliphatic carbocycles. The Kier molecular flexibility index (Phi) is 5.41. The average molecular weight is 255 g/mol. The van der Waals surface area contributed by atoms with E-state index in [4.69, 9.17) is 4.74 Å². The van der Waals surface area contributed by atoms with Gasteiger partial charge in [-0.3, -0.25) is 4.79 Å². The summed E-state index contributed by atoms with van der Waals surface area (Å²) in [4.78, 5) is 14.3. The fourth-order valence-electron chi connectivity index (χ4n) is 2.48. The molecule has 0 aromatic heterocycles. The van der Waals surface area contributed by atoms with Crippen LogP contribution in [0.2, 0.25) is 0 Å². The number of piperidine rings is 1. The van der Waals surface area contributed by atoms with Gasteiger partial charge in [-0.1, -0.05) is 6.92 Å². The van der Waals surface area contributed by atoms with Gasteiger partial charge in [-0.05, 0) is 31.8 Å². The first-order chi connectivity index (χ1) is 8.75. The highest BCUT2D eigenvalue weighted by molar-refractivity contribution is 5.81. The predicted octanol–water partition coefficient (Wildman–Crippen LogP) is -0.177. The number of ether oxygens (including phenoxy) is 1. The second kappa shape index (κ2) is 7.07.